The van der Waals surface area contributed by atoms with Crippen molar-refractivity contribution in [1.29, 1.82) is 0 Å². The Morgan fingerprint density at radius 1 is 1.07 bits per heavy atom. The molecular formula is C10H16O4. The molecule has 2 N–H and O–H groups in total. The van der Waals surface area contributed by atoms with Gasteiger partial charge >= 0.3 is 11.9 Å². The highest BCUT2D eigenvalue weighted by atomic mass is 16.4. The molecule has 0 amide bonds. The quantitative estimate of drug-likeness (QED) is 0.508. The smallest absolute Gasteiger partial charge is 0.332 e. The second kappa shape index (κ2) is 6.18. The molecule has 0 aromatic heterocycles. The van der Waals surface area contributed by atoms with E-state index in [-0.39, 0.29) is 11.1 Å². The Morgan fingerprint density at radius 2 is 1.64 bits per heavy atom. The molecule has 0 rings (SSSR count). The Bertz CT molecular complexity index is 253. The SMILES string of the molecule is CCCCCC(C(=O)O)=C(C)C(=O)O. The van der Waals surface area contributed by atoms with Crippen molar-refractivity contribution in [2.24, 2.45) is 0 Å². The highest BCUT2D eigenvalue weighted by Gasteiger charge is 2.15. The summed E-state index contributed by atoms with van der Waals surface area (Å²) in [5.41, 5.74) is -0.0421. The molecule has 0 fully saturated rings. The van der Waals surface area contributed by atoms with Crippen LogP contribution in [0.1, 0.15) is 39.5 Å². The van der Waals surface area contributed by atoms with Crippen LogP contribution in [-0.2, 0) is 9.59 Å². The molecule has 4 heteroatoms. The van der Waals surface area contributed by atoms with Gasteiger partial charge in [-0.2, -0.15) is 0 Å². The Labute approximate surface area is 83.2 Å². The van der Waals surface area contributed by atoms with Gasteiger partial charge in [-0.1, -0.05) is 19.8 Å². The fraction of sp³-hybridized carbons (Fsp3) is 0.600. The number of carboxylic acids is 2. The summed E-state index contributed by atoms with van der Waals surface area (Å²) in [4.78, 5) is 21.3. The van der Waals surface area contributed by atoms with E-state index in [9.17, 15) is 9.59 Å². The average Bonchev–Trinajstić information content (AvgIpc) is 2.10. The summed E-state index contributed by atoms with van der Waals surface area (Å²) >= 11 is 0. The lowest BCUT2D eigenvalue weighted by Gasteiger charge is -2.04. The molecule has 0 aliphatic heterocycles. The molecule has 0 saturated carbocycles. The van der Waals surface area contributed by atoms with Gasteiger partial charge in [-0.3, -0.25) is 0 Å². The van der Waals surface area contributed by atoms with Crippen LogP contribution in [0.5, 0.6) is 0 Å². The Kier molecular flexibility index (Phi) is 5.60. The largest absolute Gasteiger partial charge is 0.478 e. The van der Waals surface area contributed by atoms with E-state index in [4.69, 9.17) is 10.2 Å². The summed E-state index contributed by atoms with van der Waals surface area (Å²) in [6, 6.07) is 0. The van der Waals surface area contributed by atoms with Crippen LogP contribution in [0.3, 0.4) is 0 Å². The summed E-state index contributed by atoms with van der Waals surface area (Å²) in [6.45, 7) is 3.34. The van der Waals surface area contributed by atoms with E-state index in [0.29, 0.717) is 6.42 Å². The van der Waals surface area contributed by atoms with Gasteiger partial charge in [0.1, 0.15) is 0 Å². The van der Waals surface area contributed by atoms with E-state index >= 15 is 0 Å². The van der Waals surface area contributed by atoms with Crippen LogP contribution in [0, 0.1) is 0 Å². The molecule has 4 nitrogen and oxygen atoms in total. The van der Waals surface area contributed by atoms with Gasteiger partial charge in [0.25, 0.3) is 0 Å². The molecule has 0 bridgehead atoms. The van der Waals surface area contributed by atoms with Crippen molar-refractivity contribution in [2.45, 2.75) is 39.5 Å². The summed E-state index contributed by atoms with van der Waals surface area (Å²) in [6.07, 6.45) is 2.97. The Morgan fingerprint density at radius 3 is 2.00 bits per heavy atom. The van der Waals surface area contributed by atoms with Crippen LogP contribution in [0.2, 0.25) is 0 Å². The van der Waals surface area contributed by atoms with Crippen molar-refractivity contribution in [1.82, 2.24) is 0 Å². The van der Waals surface area contributed by atoms with Crippen molar-refractivity contribution in [2.75, 3.05) is 0 Å². The third-order valence-corrected chi connectivity index (χ3v) is 2.06. The van der Waals surface area contributed by atoms with Gasteiger partial charge in [-0.15, -0.1) is 0 Å². The van der Waals surface area contributed by atoms with Crippen LogP contribution in [0.15, 0.2) is 11.1 Å². The summed E-state index contributed by atoms with van der Waals surface area (Å²) < 4.78 is 0. The molecular weight excluding hydrogens is 184 g/mol. The molecule has 14 heavy (non-hydrogen) atoms. The van der Waals surface area contributed by atoms with E-state index < -0.39 is 11.9 Å². The standard InChI is InChI=1S/C10H16O4/c1-3-4-5-6-8(10(13)14)7(2)9(11)12/h3-6H2,1-2H3,(H,11,12)(H,13,14). The monoisotopic (exact) mass is 200 g/mol. The number of rotatable bonds is 6. The number of hydrogen-bond donors (Lipinski definition) is 2. The minimum atomic E-state index is -1.15. The van der Waals surface area contributed by atoms with E-state index in [1.807, 2.05) is 6.92 Å². The molecule has 0 aromatic rings. The second-order valence-electron chi connectivity index (χ2n) is 3.17. The van der Waals surface area contributed by atoms with Gasteiger partial charge in [0.15, 0.2) is 0 Å². The summed E-state index contributed by atoms with van der Waals surface area (Å²) in [5.74, 6) is -2.28. The Hall–Kier alpha value is -1.32. The van der Waals surface area contributed by atoms with Gasteiger partial charge in [0.2, 0.25) is 0 Å². The predicted octanol–water partition coefficient (Wildman–Crippen LogP) is 2.05. The summed E-state index contributed by atoms with van der Waals surface area (Å²) in [5, 5.41) is 17.4. The van der Waals surface area contributed by atoms with E-state index in [1.165, 1.54) is 6.92 Å². The van der Waals surface area contributed by atoms with Gasteiger partial charge in [0, 0.05) is 11.1 Å². The lowest BCUT2D eigenvalue weighted by Crippen LogP contribution is -2.09. The summed E-state index contributed by atoms with van der Waals surface area (Å²) in [7, 11) is 0. The van der Waals surface area contributed by atoms with Crippen molar-refractivity contribution in [3.05, 3.63) is 11.1 Å². The van der Waals surface area contributed by atoms with Crippen molar-refractivity contribution < 1.29 is 19.8 Å². The maximum absolute atomic E-state index is 10.7. The van der Waals surface area contributed by atoms with Crippen molar-refractivity contribution in [3.63, 3.8) is 0 Å². The molecule has 0 saturated heterocycles. The minimum absolute atomic E-state index is 0.0194. The predicted molar refractivity (Wildman–Crippen MR) is 52.1 cm³/mol. The zero-order valence-corrected chi connectivity index (χ0v) is 8.54. The van der Waals surface area contributed by atoms with Crippen LogP contribution in [0.4, 0.5) is 0 Å². The first-order chi connectivity index (χ1) is 6.50. The zero-order chi connectivity index (χ0) is 11.1. The third kappa shape index (κ3) is 4.07. The lowest BCUT2D eigenvalue weighted by atomic mass is 10.0. The maximum Gasteiger partial charge on any atom is 0.332 e. The average molecular weight is 200 g/mol. The fourth-order valence-electron chi connectivity index (χ4n) is 1.14. The first-order valence-electron chi connectivity index (χ1n) is 4.67. The Balaban J connectivity index is 4.52. The van der Waals surface area contributed by atoms with Crippen molar-refractivity contribution in [3.8, 4) is 0 Å². The molecule has 0 spiro atoms. The third-order valence-electron chi connectivity index (χ3n) is 2.06. The van der Waals surface area contributed by atoms with Crippen LogP contribution in [0.25, 0.3) is 0 Å². The molecule has 0 aliphatic rings. The second-order valence-corrected chi connectivity index (χ2v) is 3.17. The van der Waals surface area contributed by atoms with E-state index in [2.05, 4.69) is 0 Å². The lowest BCUT2D eigenvalue weighted by molar-refractivity contribution is -0.136. The minimum Gasteiger partial charge on any atom is -0.478 e. The van der Waals surface area contributed by atoms with E-state index in [0.717, 1.165) is 19.3 Å². The first-order valence-corrected chi connectivity index (χ1v) is 4.67. The molecule has 0 radical (unpaired) electrons. The number of aliphatic carboxylic acids is 2. The highest BCUT2D eigenvalue weighted by molar-refractivity contribution is 5.98. The van der Waals surface area contributed by atoms with Crippen LogP contribution >= 0.6 is 0 Å². The molecule has 0 aromatic carbocycles. The normalized spacial score (nSPS) is 12.1. The highest BCUT2D eigenvalue weighted by Crippen LogP contribution is 2.14. The van der Waals surface area contributed by atoms with Gasteiger partial charge in [0.05, 0.1) is 0 Å². The van der Waals surface area contributed by atoms with Crippen molar-refractivity contribution >= 4 is 11.9 Å². The number of carboxylic acid groups (broad SMARTS) is 2. The number of hydrogen-bond acceptors (Lipinski definition) is 2. The molecule has 0 aliphatic carbocycles. The molecule has 0 heterocycles. The fourth-order valence-corrected chi connectivity index (χ4v) is 1.14. The van der Waals surface area contributed by atoms with E-state index in [1.54, 1.807) is 0 Å². The van der Waals surface area contributed by atoms with Crippen LogP contribution in [-0.4, -0.2) is 22.2 Å². The molecule has 0 unspecified atom stereocenters. The molecule has 80 valence electrons. The maximum atomic E-state index is 10.7. The zero-order valence-electron chi connectivity index (χ0n) is 8.54. The first kappa shape index (κ1) is 12.7. The van der Waals surface area contributed by atoms with Gasteiger partial charge in [-0.05, 0) is 19.8 Å². The number of unbranched alkanes of at least 4 members (excludes halogenated alkanes) is 2. The van der Waals surface area contributed by atoms with Crippen LogP contribution < -0.4 is 0 Å². The van der Waals surface area contributed by atoms with Gasteiger partial charge < -0.3 is 10.2 Å². The topological polar surface area (TPSA) is 74.6 Å². The molecule has 0 atom stereocenters. The number of carbonyl (C=O) groups is 2. The van der Waals surface area contributed by atoms with Gasteiger partial charge in [-0.25, -0.2) is 9.59 Å².